The zero-order valence-corrected chi connectivity index (χ0v) is 12.9. The van der Waals surface area contributed by atoms with Crippen molar-refractivity contribution in [2.45, 2.75) is 25.8 Å². The maximum absolute atomic E-state index is 12.4. The van der Waals surface area contributed by atoms with Gasteiger partial charge >= 0.3 is 0 Å². The highest BCUT2D eigenvalue weighted by molar-refractivity contribution is 6.34. The molecule has 0 heterocycles. The molecule has 0 spiro atoms. The van der Waals surface area contributed by atoms with Crippen molar-refractivity contribution in [3.05, 3.63) is 34.9 Å². The second-order valence-corrected chi connectivity index (χ2v) is 5.85. The van der Waals surface area contributed by atoms with E-state index in [1.807, 2.05) is 12.1 Å². The zero-order chi connectivity index (χ0) is 14.5. The topological polar surface area (TPSA) is 29.5 Å². The number of hydrogen-bond donors (Lipinski definition) is 0. The molecule has 2 rings (SSSR count). The Morgan fingerprint density at radius 2 is 2.15 bits per heavy atom. The lowest BCUT2D eigenvalue weighted by atomic mass is 10.1. The highest BCUT2D eigenvalue weighted by atomic mass is 35.5. The zero-order valence-electron chi connectivity index (χ0n) is 12.1. The van der Waals surface area contributed by atoms with Gasteiger partial charge in [0.05, 0.1) is 18.2 Å². The summed E-state index contributed by atoms with van der Waals surface area (Å²) in [6.45, 7) is 4.04. The van der Waals surface area contributed by atoms with Crippen LogP contribution in [-0.4, -0.2) is 43.5 Å². The molecule has 1 saturated carbocycles. The molecule has 0 radical (unpaired) electrons. The van der Waals surface area contributed by atoms with Gasteiger partial charge in [0.2, 0.25) is 0 Å². The minimum absolute atomic E-state index is 0.0826. The van der Waals surface area contributed by atoms with Gasteiger partial charge in [-0.15, -0.1) is 0 Å². The summed E-state index contributed by atoms with van der Waals surface area (Å²) in [7, 11) is 1.69. The van der Waals surface area contributed by atoms with Gasteiger partial charge in [0.25, 0.3) is 0 Å². The number of nitrogens with zero attached hydrogens (tertiary/aromatic N) is 1. The number of Topliss-reactive ketones (excluding diaryl/α,β-unsaturated/α-hetero) is 1. The quantitative estimate of drug-likeness (QED) is 0.689. The first kappa shape index (κ1) is 15.5. The predicted molar refractivity (Wildman–Crippen MR) is 81.4 cm³/mol. The Balaban J connectivity index is 2.02. The number of carbonyl (C=O) groups excluding carboxylic acids is 1. The van der Waals surface area contributed by atoms with Gasteiger partial charge in [0.15, 0.2) is 5.78 Å². The Morgan fingerprint density at radius 3 is 2.75 bits per heavy atom. The van der Waals surface area contributed by atoms with Gasteiger partial charge in [-0.05, 0) is 37.8 Å². The van der Waals surface area contributed by atoms with Crippen LogP contribution in [-0.2, 0) is 4.74 Å². The van der Waals surface area contributed by atoms with Crippen LogP contribution in [0.4, 0.5) is 0 Å². The molecule has 1 aliphatic carbocycles. The van der Waals surface area contributed by atoms with Crippen LogP contribution in [0.25, 0.3) is 0 Å². The fraction of sp³-hybridized carbons (Fsp3) is 0.562. The van der Waals surface area contributed by atoms with Gasteiger partial charge in [0.1, 0.15) is 0 Å². The summed E-state index contributed by atoms with van der Waals surface area (Å²) >= 11 is 6.10. The Kier molecular flexibility index (Phi) is 5.58. The molecular weight excluding hydrogens is 274 g/mol. The summed E-state index contributed by atoms with van der Waals surface area (Å²) in [4.78, 5) is 14.6. The average molecular weight is 296 g/mol. The fourth-order valence-electron chi connectivity index (χ4n) is 2.47. The number of hydrogen-bond acceptors (Lipinski definition) is 3. The third kappa shape index (κ3) is 4.05. The third-order valence-electron chi connectivity index (χ3n) is 3.98. The van der Waals surface area contributed by atoms with E-state index >= 15 is 0 Å². The molecule has 4 heteroatoms. The summed E-state index contributed by atoms with van der Waals surface area (Å²) in [6, 6.07) is 7.67. The van der Waals surface area contributed by atoms with Crippen molar-refractivity contribution in [2.24, 2.45) is 5.92 Å². The van der Waals surface area contributed by atoms with Crippen LogP contribution in [0.15, 0.2) is 24.3 Å². The molecule has 1 fully saturated rings. The van der Waals surface area contributed by atoms with Crippen molar-refractivity contribution in [2.75, 3.05) is 26.8 Å². The number of methoxy groups -OCH3 is 1. The average Bonchev–Trinajstić information content (AvgIpc) is 3.27. The van der Waals surface area contributed by atoms with Crippen molar-refractivity contribution in [1.82, 2.24) is 4.90 Å². The first-order chi connectivity index (χ1) is 9.63. The number of carbonyl (C=O) groups is 1. The van der Waals surface area contributed by atoms with E-state index in [9.17, 15) is 4.79 Å². The predicted octanol–water partition coefficient (Wildman–Crippen LogP) is 3.27. The molecule has 0 N–H and O–H groups in total. The van der Waals surface area contributed by atoms with Gasteiger partial charge in [-0.3, -0.25) is 9.69 Å². The Bertz CT molecular complexity index is 460. The van der Waals surface area contributed by atoms with Gasteiger partial charge in [0, 0.05) is 25.3 Å². The van der Waals surface area contributed by atoms with Gasteiger partial charge < -0.3 is 4.74 Å². The van der Waals surface area contributed by atoms with Crippen LogP contribution in [0, 0.1) is 5.92 Å². The molecule has 0 amide bonds. The number of ketones is 1. The van der Waals surface area contributed by atoms with Crippen LogP contribution in [0.2, 0.25) is 5.02 Å². The maximum Gasteiger partial charge on any atom is 0.178 e. The Morgan fingerprint density at radius 1 is 1.45 bits per heavy atom. The van der Waals surface area contributed by atoms with E-state index in [0.29, 0.717) is 29.8 Å². The summed E-state index contributed by atoms with van der Waals surface area (Å²) in [5, 5.41) is 0.531. The molecule has 20 heavy (non-hydrogen) atoms. The summed E-state index contributed by atoms with van der Waals surface area (Å²) < 4.78 is 5.15. The third-order valence-corrected chi connectivity index (χ3v) is 4.31. The first-order valence-corrected chi connectivity index (χ1v) is 7.52. The van der Waals surface area contributed by atoms with E-state index in [0.717, 1.165) is 12.5 Å². The molecule has 0 bridgehead atoms. The number of halogens is 1. The molecule has 0 saturated heterocycles. The number of benzene rings is 1. The van der Waals surface area contributed by atoms with Gasteiger partial charge in [-0.1, -0.05) is 23.7 Å². The molecule has 1 aromatic rings. The SMILES string of the molecule is COCCN(CC(=O)c1ccccc1Cl)C(C)C1CC1. The molecule has 1 aromatic carbocycles. The number of ether oxygens (including phenoxy) is 1. The first-order valence-electron chi connectivity index (χ1n) is 7.14. The molecule has 1 aliphatic rings. The monoisotopic (exact) mass is 295 g/mol. The molecular formula is C16H22ClNO2. The van der Waals surface area contributed by atoms with Crippen LogP contribution in [0.1, 0.15) is 30.1 Å². The molecule has 1 unspecified atom stereocenters. The summed E-state index contributed by atoms with van der Waals surface area (Å²) in [5.74, 6) is 0.810. The molecule has 110 valence electrons. The van der Waals surface area contributed by atoms with E-state index in [2.05, 4.69) is 11.8 Å². The summed E-state index contributed by atoms with van der Waals surface area (Å²) in [6.07, 6.45) is 2.54. The normalized spacial score (nSPS) is 16.4. The summed E-state index contributed by atoms with van der Waals surface area (Å²) in [5.41, 5.74) is 0.611. The van der Waals surface area contributed by atoms with E-state index in [4.69, 9.17) is 16.3 Å². The van der Waals surface area contributed by atoms with E-state index in [1.165, 1.54) is 12.8 Å². The second kappa shape index (κ2) is 7.21. The lowest BCUT2D eigenvalue weighted by Crippen LogP contribution is -2.40. The van der Waals surface area contributed by atoms with Gasteiger partial charge in [-0.25, -0.2) is 0 Å². The van der Waals surface area contributed by atoms with E-state index in [-0.39, 0.29) is 5.78 Å². The largest absolute Gasteiger partial charge is 0.383 e. The molecule has 0 aliphatic heterocycles. The van der Waals surface area contributed by atoms with Gasteiger partial charge in [-0.2, -0.15) is 0 Å². The van der Waals surface area contributed by atoms with E-state index < -0.39 is 0 Å². The Hall–Kier alpha value is -0.900. The second-order valence-electron chi connectivity index (χ2n) is 5.44. The molecule has 1 atom stereocenters. The van der Waals surface area contributed by atoms with Crippen molar-refractivity contribution < 1.29 is 9.53 Å². The van der Waals surface area contributed by atoms with Crippen LogP contribution in [0.3, 0.4) is 0 Å². The standard InChI is InChI=1S/C16H22ClNO2/c1-12(13-7-8-13)18(9-10-20-2)11-16(19)14-5-3-4-6-15(14)17/h3-6,12-13H,7-11H2,1-2H3. The Labute approximate surface area is 125 Å². The van der Waals surface area contributed by atoms with Crippen molar-refractivity contribution >= 4 is 17.4 Å². The smallest absolute Gasteiger partial charge is 0.178 e. The molecule has 0 aromatic heterocycles. The molecule has 3 nitrogen and oxygen atoms in total. The van der Waals surface area contributed by atoms with Crippen molar-refractivity contribution in [3.8, 4) is 0 Å². The fourth-order valence-corrected chi connectivity index (χ4v) is 2.71. The lowest BCUT2D eigenvalue weighted by molar-refractivity contribution is 0.0816. The van der Waals surface area contributed by atoms with Crippen LogP contribution < -0.4 is 0 Å². The highest BCUT2D eigenvalue weighted by Gasteiger charge is 2.32. The van der Waals surface area contributed by atoms with Crippen LogP contribution >= 0.6 is 11.6 Å². The van der Waals surface area contributed by atoms with Crippen molar-refractivity contribution in [1.29, 1.82) is 0 Å². The van der Waals surface area contributed by atoms with Crippen LogP contribution in [0.5, 0.6) is 0 Å². The lowest BCUT2D eigenvalue weighted by Gasteiger charge is -2.28. The van der Waals surface area contributed by atoms with Crippen molar-refractivity contribution in [3.63, 3.8) is 0 Å². The maximum atomic E-state index is 12.4. The number of rotatable bonds is 8. The minimum atomic E-state index is 0.0826. The highest BCUT2D eigenvalue weighted by Crippen LogP contribution is 2.35. The minimum Gasteiger partial charge on any atom is -0.383 e. The van der Waals surface area contributed by atoms with E-state index in [1.54, 1.807) is 19.2 Å².